The normalized spacial score (nSPS) is 21.6. The highest BCUT2D eigenvalue weighted by molar-refractivity contribution is 7.99. The molecule has 1 aromatic rings. The molecule has 1 aliphatic rings. The zero-order chi connectivity index (χ0) is 15.2. The van der Waals surface area contributed by atoms with Gasteiger partial charge in [0.25, 0.3) is 5.91 Å². The molecule has 2 rings (SSSR count). The lowest BCUT2D eigenvalue weighted by Gasteiger charge is -2.28. The standard InChI is InChI=1S/C16H22N2O2S/c1-11(19)17-13-8-6-12(7-9-13)16(20)18-14-4-3-5-15(10-14)21-2/h6-9,14-15H,3-5,10H2,1-2H3,(H,17,19)(H,18,20)/t14-,15-/m1/s1. The molecular formula is C16H22N2O2S. The fourth-order valence-corrected chi connectivity index (χ4v) is 3.49. The van der Waals surface area contributed by atoms with E-state index in [0.717, 1.165) is 12.8 Å². The molecule has 2 N–H and O–H groups in total. The zero-order valence-electron chi connectivity index (χ0n) is 12.5. The van der Waals surface area contributed by atoms with Crippen LogP contribution in [0.3, 0.4) is 0 Å². The highest BCUT2D eigenvalue weighted by atomic mass is 32.2. The van der Waals surface area contributed by atoms with E-state index < -0.39 is 0 Å². The molecule has 0 unspecified atom stereocenters. The van der Waals surface area contributed by atoms with Gasteiger partial charge < -0.3 is 10.6 Å². The van der Waals surface area contributed by atoms with Crippen molar-refractivity contribution in [2.75, 3.05) is 11.6 Å². The minimum absolute atomic E-state index is 0.0314. The average Bonchev–Trinajstić information content (AvgIpc) is 2.47. The lowest BCUT2D eigenvalue weighted by atomic mass is 9.94. The van der Waals surface area contributed by atoms with Gasteiger partial charge in [-0.25, -0.2) is 0 Å². The highest BCUT2D eigenvalue weighted by Gasteiger charge is 2.22. The molecule has 1 aliphatic carbocycles. The summed E-state index contributed by atoms with van der Waals surface area (Å²) in [5.74, 6) is -0.145. The number of thioether (sulfide) groups is 1. The number of benzene rings is 1. The van der Waals surface area contributed by atoms with Crippen LogP contribution in [0.15, 0.2) is 24.3 Å². The van der Waals surface area contributed by atoms with E-state index in [0.29, 0.717) is 16.5 Å². The molecule has 0 heterocycles. The molecule has 0 aromatic heterocycles. The molecule has 1 saturated carbocycles. The third kappa shape index (κ3) is 4.77. The Balaban J connectivity index is 1.92. The molecule has 21 heavy (non-hydrogen) atoms. The van der Waals surface area contributed by atoms with Crippen LogP contribution >= 0.6 is 11.8 Å². The Morgan fingerprint density at radius 1 is 1.19 bits per heavy atom. The lowest BCUT2D eigenvalue weighted by molar-refractivity contribution is -0.114. The molecule has 5 heteroatoms. The van der Waals surface area contributed by atoms with Gasteiger partial charge in [-0.15, -0.1) is 0 Å². The van der Waals surface area contributed by atoms with Crippen LogP contribution < -0.4 is 10.6 Å². The molecular weight excluding hydrogens is 284 g/mol. The Labute approximate surface area is 130 Å². The summed E-state index contributed by atoms with van der Waals surface area (Å²) in [6.45, 7) is 1.46. The Hall–Kier alpha value is -1.49. The van der Waals surface area contributed by atoms with Crippen LogP contribution in [0.5, 0.6) is 0 Å². The van der Waals surface area contributed by atoms with Crippen molar-refractivity contribution >= 4 is 29.3 Å². The van der Waals surface area contributed by atoms with Gasteiger partial charge in [0.2, 0.25) is 5.91 Å². The second-order valence-electron chi connectivity index (χ2n) is 5.45. The van der Waals surface area contributed by atoms with Crippen LogP contribution in [-0.4, -0.2) is 29.4 Å². The van der Waals surface area contributed by atoms with E-state index in [-0.39, 0.29) is 17.9 Å². The van der Waals surface area contributed by atoms with E-state index in [4.69, 9.17) is 0 Å². The van der Waals surface area contributed by atoms with Gasteiger partial charge in [-0.05, 0) is 49.8 Å². The highest BCUT2D eigenvalue weighted by Crippen LogP contribution is 2.27. The van der Waals surface area contributed by atoms with Gasteiger partial charge in [0.05, 0.1) is 0 Å². The first-order valence-corrected chi connectivity index (χ1v) is 8.58. The molecule has 0 saturated heterocycles. The van der Waals surface area contributed by atoms with E-state index in [1.807, 2.05) is 11.8 Å². The quantitative estimate of drug-likeness (QED) is 0.899. The van der Waals surface area contributed by atoms with Gasteiger partial charge in [-0.1, -0.05) is 6.42 Å². The Bertz CT molecular complexity index is 502. The number of amides is 2. The molecule has 2 atom stereocenters. The predicted molar refractivity (Wildman–Crippen MR) is 87.8 cm³/mol. The molecule has 0 aliphatic heterocycles. The van der Waals surface area contributed by atoms with Gasteiger partial charge in [0.1, 0.15) is 0 Å². The molecule has 0 radical (unpaired) electrons. The smallest absolute Gasteiger partial charge is 0.251 e. The van der Waals surface area contributed by atoms with Gasteiger partial charge in [-0.3, -0.25) is 9.59 Å². The van der Waals surface area contributed by atoms with E-state index in [1.165, 1.54) is 19.8 Å². The Morgan fingerprint density at radius 2 is 1.90 bits per heavy atom. The molecule has 114 valence electrons. The van der Waals surface area contributed by atoms with Crippen molar-refractivity contribution in [3.05, 3.63) is 29.8 Å². The van der Waals surface area contributed by atoms with E-state index in [2.05, 4.69) is 16.9 Å². The summed E-state index contributed by atoms with van der Waals surface area (Å²) in [5.41, 5.74) is 1.34. The molecule has 0 spiro atoms. The van der Waals surface area contributed by atoms with Crippen LogP contribution in [-0.2, 0) is 4.79 Å². The number of nitrogens with one attached hydrogen (secondary N) is 2. The second-order valence-corrected chi connectivity index (χ2v) is 6.59. The number of hydrogen-bond acceptors (Lipinski definition) is 3. The maximum atomic E-state index is 12.2. The first-order valence-electron chi connectivity index (χ1n) is 7.30. The van der Waals surface area contributed by atoms with Crippen molar-refractivity contribution in [2.24, 2.45) is 0 Å². The Morgan fingerprint density at radius 3 is 2.52 bits per heavy atom. The van der Waals surface area contributed by atoms with E-state index in [1.54, 1.807) is 24.3 Å². The van der Waals surface area contributed by atoms with Crippen LogP contribution in [0.2, 0.25) is 0 Å². The second kappa shape index (κ2) is 7.50. The summed E-state index contributed by atoms with van der Waals surface area (Å²) in [6.07, 6.45) is 6.68. The number of carbonyl (C=O) groups excluding carboxylic acids is 2. The van der Waals surface area contributed by atoms with E-state index in [9.17, 15) is 9.59 Å². The summed E-state index contributed by atoms with van der Waals surface area (Å²) < 4.78 is 0. The monoisotopic (exact) mass is 306 g/mol. The SMILES string of the molecule is CS[C@@H]1CCC[C@@H](NC(=O)c2ccc(NC(C)=O)cc2)C1. The molecule has 4 nitrogen and oxygen atoms in total. The van der Waals surface area contributed by atoms with Gasteiger partial charge >= 0.3 is 0 Å². The lowest BCUT2D eigenvalue weighted by Crippen LogP contribution is -2.39. The molecule has 2 amide bonds. The minimum atomic E-state index is -0.113. The zero-order valence-corrected chi connectivity index (χ0v) is 13.3. The van der Waals surface area contributed by atoms with Crippen molar-refractivity contribution in [2.45, 2.75) is 43.9 Å². The maximum Gasteiger partial charge on any atom is 0.251 e. The first kappa shape index (κ1) is 15.9. The summed E-state index contributed by atoms with van der Waals surface area (Å²) in [5, 5.41) is 6.47. The van der Waals surface area contributed by atoms with Crippen molar-refractivity contribution < 1.29 is 9.59 Å². The summed E-state index contributed by atoms with van der Waals surface area (Å²) in [6, 6.07) is 7.27. The molecule has 1 fully saturated rings. The number of rotatable bonds is 4. The first-order chi connectivity index (χ1) is 10.1. The fourth-order valence-electron chi connectivity index (χ4n) is 2.67. The van der Waals surface area contributed by atoms with Crippen molar-refractivity contribution in [3.63, 3.8) is 0 Å². The summed E-state index contributed by atoms with van der Waals surface area (Å²) in [7, 11) is 0. The largest absolute Gasteiger partial charge is 0.349 e. The molecule has 0 bridgehead atoms. The summed E-state index contributed by atoms with van der Waals surface area (Å²) >= 11 is 1.89. The Kier molecular flexibility index (Phi) is 5.67. The van der Waals surface area contributed by atoms with Crippen LogP contribution in [0.4, 0.5) is 5.69 Å². The third-order valence-electron chi connectivity index (χ3n) is 3.76. The third-order valence-corrected chi connectivity index (χ3v) is 4.86. The van der Waals surface area contributed by atoms with E-state index >= 15 is 0 Å². The van der Waals surface area contributed by atoms with Crippen molar-refractivity contribution in [1.82, 2.24) is 5.32 Å². The van der Waals surface area contributed by atoms with Crippen LogP contribution in [0.25, 0.3) is 0 Å². The van der Waals surface area contributed by atoms with Gasteiger partial charge in [0, 0.05) is 29.5 Å². The fraction of sp³-hybridized carbons (Fsp3) is 0.500. The molecule has 1 aromatic carbocycles. The van der Waals surface area contributed by atoms with Gasteiger partial charge in [0.15, 0.2) is 0 Å². The van der Waals surface area contributed by atoms with Crippen LogP contribution in [0.1, 0.15) is 43.0 Å². The van der Waals surface area contributed by atoms with Crippen molar-refractivity contribution in [1.29, 1.82) is 0 Å². The number of carbonyl (C=O) groups is 2. The predicted octanol–water partition coefficient (Wildman–Crippen LogP) is 3.05. The number of hydrogen-bond donors (Lipinski definition) is 2. The minimum Gasteiger partial charge on any atom is -0.349 e. The average molecular weight is 306 g/mol. The maximum absolute atomic E-state index is 12.2. The van der Waals surface area contributed by atoms with Crippen LogP contribution in [0, 0.1) is 0 Å². The topological polar surface area (TPSA) is 58.2 Å². The summed E-state index contributed by atoms with van der Waals surface area (Å²) in [4.78, 5) is 23.2. The number of anilines is 1. The van der Waals surface area contributed by atoms with Gasteiger partial charge in [-0.2, -0.15) is 11.8 Å². The van der Waals surface area contributed by atoms with Crippen molar-refractivity contribution in [3.8, 4) is 0 Å².